The average molecular weight is 537 g/mol. The van der Waals surface area contributed by atoms with Gasteiger partial charge < -0.3 is 29.7 Å². The minimum absolute atomic E-state index is 0.0515. The monoisotopic (exact) mass is 536 g/mol. The lowest BCUT2D eigenvalue weighted by Gasteiger charge is -2.42. The van der Waals surface area contributed by atoms with E-state index in [-0.39, 0.29) is 54.9 Å². The van der Waals surface area contributed by atoms with Gasteiger partial charge in [0.25, 0.3) is 5.91 Å². The molecule has 2 saturated heterocycles. The summed E-state index contributed by atoms with van der Waals surface area (Å²) in [5, 5.41) is 5.92. The van der Waals surface area contributed by atoms with Crippen molar-refractivity contribution in [3.8, 4) is 5.75 Å². The van der Waals surface area contributed by atoms with Crippen molar-refractivity contribution in [2.24, 2.45) is 5.92 Å². The number of hydrogen-bond donors (Lipinski definition) is 2. The van der Waals surface area contributed by atoms with E-state index in [9.17, 15) is 14.4 Å². The molecule has 0 unspecified atom stereocenters. The molecule has 0 aliphatic carbocycles. The van der Waals surface area contributed by atoms with Crippen LogP contribution >= 0.6 is 0 Å². The van der Waals surface area contributed by atoms with Crippen molar-refractivity contribution in [1.82, 2.24) is 15.2 Å². The number of anilines is 1. The Labute approximate surface area is 228 Å². The minimum Gasteiger partial charge on any atom is -0.490 e. The molecule has 5 rings (SSSR count). The molecule has 2 N–H and O–H groups in total. The molecule has 3 aliphatic heterocycles. The Balaban J connectivity index is 1.17. The number of nitrogens with one attached hydrogen (secondary N) is 2. The molecule has 3 atom stereocenters. The van der Waals surface area contributed by atoms with Crippen LogP contribution in [0.2, 0.25) is 0 Å². The topological polar surface area (TPSA) is 119 Å². The number of benzene rings is 1. The number of fused-ring (bicyclic) bond motifs is 2. The standard InChI is InChI=1S/C29H36N4O6/c1-33-24-4-3-22(17-27(34)31-13-8-19-6-11-30-12-7-19)39-26(24)18-38-25-5-2-21(16-23(25)29(33)36)32-28(35)20-9-14-37-15-10-20/h2,5-7,11-12,16,20,22,24,26H,3-4,8-10,13-15,17-18H2,1H3,(H,31,34)(H,32,35)/t22-,24-,26-/m1/s1. The number of aromatic nitrogens is 1. The number of likely N-dealkylation sites (N-methyl/N-ethyl adjacent to an activating group) is 1. The van der Waals surface area contributed by atoms with Crippen molar-refractivity contribution < 1.29 is 28.6 Å². The van der Waals surface area contributed by atoms with Crippen LogP contribution in [0.25, 0.3) is 0 Å². The van der Waals surface area contributed by atoms with Gasteiger partial charge in [-0.1, -0.05) is 0 Å². The Morgan fingerprint density at radius 1 is 1.08 bits per heavy atom. The lowest BCUT2D eigenvalue weighted by Crippen LogP contribution is -2.54. The van der Waals surface area contributed by atoms with E-state index in [0.717, 1.165) is 12.0 Å². The zero-order chi connectivity index (χ0) is 27.2. The SMILES string of the molecule is CN1C(=O)c2cc(NC(=O)C3CCOCC3)ccc2OC[C@H]2O[C@@H](CC(=O)NCCc3ccncc3)CC[C@H]21. The molecule has 10 heteroatoms. The molecule has 0 spiro atoms. The number of carbonyl (C=O) groups excluding carboxylic acids is 3. The fraction of sp³-hybridized carbons (Fsp3) is 0.517. The summed E-state index contributed by atoms with van der Waals surface area (Å²) in [6.07, 6.45) is 6.68. The summed E-state index contributed by atoms with van der Waals surface area (Å²) < 4.78 is 17.7. The highest BCUT2D eigenvalue weighted by Crippen LogP contribution is 2.32. The first-order chi connectivity index (χ1) is 19.0. The van der Waals surface area contributed by atoms with E-state index in [1.165, 1.54) is 0 Å². The summed E-state index contributed by atoms with van der Waals surface area (Å²) in [6, 6.07) is 8.86. The summed E-state index contributed by atoms with van der Waals surface area (Å²) in [4.78, 5) is 44.4. The summed E-state index contributed by atoms with van der Waals surface area (Å²) in [6.45, 7) is 1.99. The molecule has 2 fully saturated rings. The van der Waals surface area contributed by atoms with Gasteiger partial charge in [0.1, 0.15) is 18.5 Å². The second-order valence-corrected chi connectivity index (χ2v) is 10.4. The van der Waals surface area contributed by atoms with Gasteiger partial charge in [0.2, 0.25) is 11.8 Å². The zero-order valence-corrected chi connectivity index (χ0v) is 22.3. The van der Waals surface area contributed by atoms with Crippen LogP contribution < -0.4 is 15.4 Å². The molecule has 208 valence electrons. The van der Waals surface area contributed by atoms with E-state index in [1.807, 2.05) is 12.1 Å². The second-order valence-electron chi connectivity index (χ2n) is 10.4. The molecule has 3 aliphatic rings. The highest BCUT2D eigenvalue weighted by molar-refractivity contribution is 6.00. The minimum atomic E-state index is -0.344. The van der Waals surface area contributed by atoms with Crippen molar-refractivity contribution >= 4 is 23.4 Å². The van der Waals surface area contributed by atoms with Crippen molar-refractivity contribution in [1.29, 1.82) is 0 Å². The molecular weight excluding hydrogens is 500 g/mol. The zero-order valence-electron chi connectivity index (χ0n) is 22.3. The third-order valence-corrected chi connectivity index (χ3v) is 7.77. The van der Waals surface area contributed by atoms with Crippen LogP contribution in [0.5, 0.6) is 5.75 Å². The molecule has 3 amide bonds. The summed E-state index contributed by atoms with van der Waals surface area (Å²) in [7, 11) is 1.78. The van der Waals surface area contributed by atoms with Gasteiger partial charge in [-0.25, -0.2) is 0 Å². The van der Waals surface area contributed by atoms with Crippen molar-refractivity contribution in [2.75, 3.05) is 38.7 Å². The molecule has 39 heavy (non-hydrogen) atoms. The van der Waals surface area contributed by atoms with Crippen LogP contribution in [-0.2, 0) is 25.5 Å². The van der Waals surface area contributed by atoms with Crippen LogP contribution in [0.4, 0.5) is 5.69 Å². The predicted molar refractivity (Wildman–Crippen MR) is 143 cm³/mol. The van der Waals surface area contributed by atoms with Gasteiger partial charge in [-0.05, 0) is 68.0 Å². The number of nitrogens with zero attached hydrogens (tertiary/aromatic N) is 2. The largest absolute Gasteiger partial charge is 0.490 e. The molecule has 0 bridgehead atoms. The van der Waals surface area contributed by atoms with E-state index in [4.69, 9.17) is 14.2 Å². The van der Waals surface area contributed by atoms with Crippen molar-refractivity contribution in [3.63, 3.8) is 0 Å². The molecule has 0 radical (unpaired) electrons. The number of amides is 3. The number of rotatable bonds is 7. The molecular formula is C29H36N4O6. The van der Waals surface area contributed by atoms with Crippen LogP contribution in [0.3, 0.4) is 0 Å². The van der Waals surface area contributed by atoms with Crippen LogP contribution in [0.1, 0.15) is 48.0 Å². The van der Waals surface area contributed by atoms with Gasteiger partial charge in [-0.2, -0.15) is 0 Å². The Morgan fingerprint density at radius 2 is 1.87 bits per heavy atom. The lowest BCUT2D eigenvalue weighted by molar-refractivity contribution is -0.134. The molecule has 1 aromatic carbocycles. The highest BCUT2D eigenvalue weighted by Gasteiger charge is 2.39. The number of ether oxygens (including phenoxy) is 3. The van der Waals surface area contributed by atoms with Crippen LogP contribution in [0, 0.1) is 5.92 Å². The van der Waals surface area contributed by atoms with E-state index < -0.39 is 0 Å². The van der Waals surface area contributed by atoms with E-state index in [1.54, 1.807) is 42.5 Å². The highest BCUT2D eigenvalue weighted by atomic mass is 16.5. The van der Waals surface area contributed by atoms with Crippen LogP contribution in [0.15, 0.2) is 42.7 Å². The first-order valence-electron chi connectivity index (χ1n) is 13.7. The molecule has 1 aromatic heterocycles. The average Bonchev–Trinajstić information content (AvgIpc) is 2.96. The van der Waals surface area contributed by atoms with Crippen LogP contribution in [-0.4, -0.2) is 79.3 Å². The third-order valence-electron chi connectivity index (χ3n) is 7.77. The third kappa shape index (κ3) is 6.75. The van der Waals surface area contributed by atoms with Gasteiger partial charge in [0, 0.05) is 50.8 Å². The maximum Gasteiger partial charge on any atom is 0.257 e. The molecule has 4 heterocycles. The summed E-state index contributed by atoms with van der Waals surface area (Å²) in [5.74, 6) is 0.0714. The fourth-order valence-corrected chi connectivity index (χ4v) is 5.48. The Kier molecular flexibility index (Phi) is 8.73. The normalized spacial score (nSPS) is 23.5. The van der Waals surface area contributed by atoms with Crippen molar-refractivity contribution in [3.05, 3.63) is 53.9 Å². The maximum absolute atomic E-state index is 13.5. The van der Waals surface area contributed by atoms with E-state index in [2.05, 4.69) is 15.6 Å². The van der Waals surface area contributed by atoms with Gasteiger partial charge in [-0.15, -0.1) is 0 Å². The second kappa shape index (κ2) is 12.6. The van der Waals surface area contributed by atoms with Gasteiger partial charge in [-0.3, -0.25) is 19.4 Å². The Morgan fingerprint density at radius 3 is 2.67 bits per heavy atom. The fourth-order valence-electron chi connectivity index (χ4n) is 5.48. The van der Waals surface area contributed by atoms with Gasteiger partial charge in [0.15, 0.2) is 0 Å². The number of pyridine rings is 1. The number of hydrogen-bond acceptors (Lipinski definition) is 7. The number of carbonyl (C=O) groups is 3. The van der Waals surface area contributed by atoms with Gasteiger partial charge >= 0.3 is 0 Å². The van der Waals surface area contributed by atoms with Gasteiger partial charge in [0.05, 0.1) is 24.1 Å². The predicted octanol–water partition coefficient (Wildman–Crippen LogP) is 2.58. The smallest absolute Gasteiger partial charge is 0.257 e. The molecule has 0 saturated carbocycles. The molecule has 10 nitrogen and oxygen atoms in total. The summed E-state index contributed by atoms with van der Waals surface area (Å²) in [5.41, 5.74) is 2.11. The van der Waals surface area contributed by atoms with E-state index in [0.29, 0.717) is 62.4 Å². The van der Waals surface area contributed by atoms with Crippen molar-refractivity contribution in [2.45, 2.75) is 56.8 Å². The Hall–Kier alpha value is -3.50. The Bertz CT molecular complexity index is 1170. The quantitative estimate of drug-likeness (QED) is 0.558. The lowest BCUT2D eigenvalue weighted by atomic mass is 9.94. The first-order valence-corrected chi connectivity index (χ1v) is 13.7. The van der Waals surface area contributed by atoms with E-state index >= 15 is 0 Å². The first kappa shape index (κ1) is 27.1. The summed E-state index contributed by atoms with van der Waals surface area (Å²) >= 11 is 0. The maximum atomic E-state index is 13.5. The molecule has 2 aromatic rings.